The number of benzene rings is 1. The number of hydrogen-bond acceptors (Lipinski definition) is 5. The number of anilines is 1. The van der Waals surface area contributed by atoms with E-state index in [1.165, 1.54) is 5.56 Å². The van der Waals surface area contributed by atoms with Gasteiger partial charge in [-0.3, -0.25) is 19.7 Å². The second-order valence-electron chi connectivity index (χ2n) is 6.81. The minimum atomic E-state index is -0.196. The summed E-state index contributed by atoms with van der Waals surface area (Å²) >= 11 is 0. The Morgan fingerprint density at radius 3 is 2.59 bits per heavy atom. The Labute approximate surface area is 158 Å². The van der Waals surface area contributed by atoms with E-state index < -0.39 is 0 Å². The first-order valence-corrected chi connectivity index (χ1v) is 8.77. The van der Waals surface area contributed by atoms with Crippen LogP contribution in [0.4, 0.5) is 5.95 Å². The monoisotopic (exact) mass is 367 g/mol. The van der Waals surface area contributed by atoms with E-state index >= 15 is 0 Å². The van der Waals surface area contributed by atoms with Gasteiger partial charge in [-0.05, 0) is 38.6 Å². The van der Waals surface area contributed by atoms with Crippen LogP contribution in [0, 0.1) is 13.8 Å². The summed E-state index contributed by atoms with van der Waals surface area (Å²) in [5, 5.41) is 11.2. The van der Waals surface area contributed by atoms with Crippen molar-refractivity contribution in [1.29, 1.82) is 0 Å². The number of carbonyl (C=O) groups excluding carboxylic acids is 1. The number of hydrogen-bond donors (Lipinski definition) is 1. The summed E-state index contributed by atoms with van der Waals surface area (Å²) in [6, 6.07) is 7.63. The summed E-state index contributed by atoms with van der Waals surface area (Å²) in [4.78, 5) is 18.9. The maximum absolute atomic E-state index is 12.5. The highest BCUT2D eigenvalue weighted by molar-refractivity contribution is 6.03. The normalized spacial score (nSPS) is 11.2. The highest BCUT2D eigenvalue weighted by Crippen LogP contribution is 2.13. The molecule has 0 aliphatic rings. The van der Waals surface area contributed by atoms with Crippen LogP contribution in [-0.4, -0.2) is 42.4 Å². The molecule has 8 nitrogen and oxygen atoms in total. The molecule has 0 bridgehead atoms. The van der Waals surface area contributed by atoms with Gasteiger partial charge in [0.05, 0.1) is 6.20 Å². The fraction of sp³-hybridized carbons (Fsp3) is 0.368. The SMILES string of the molecule is Cc1nc(NC(=O)c2cccc(CN(C)Cc3cnn(C)c3C)c2)n(C)n1. The van der Waals surface area contributed by atoms with Crippen molar-refractivity contribution in [2.24, 2.45) is 14.1 Å². The Morgan fingerprint density at radius 1 is 1.19 bits per heavy atom. The Kier molecular flexibility index (Phi) is 5.36. The molecule has 1 amide bonds. The van der Waals surface area contributed by atoms with Gasteiger partial charge in [0.2, 0.25) is 5.95 Å². The van der Waals surface area contributed by atoms with Gasteiger partial charge in [-0.2, -0.15) is 15.2 Å². The van der Waals surface area contributed by atoms with Crippen LogP contribution in [0.15, 0.2) is 30.5 Å². The van der Waals surface area contributed by atoms with Crippen LogP contribution >= 0.6 is 0 Å². The second kappa shape index (κ2) is 7.71. The van der Waals surface area contributed by atoms with Crippen LogP contribution in [0.25, 0.3) is 0 Å². The highest BCUT2D eigenvalue weighted by Gasteiger charge is 2.12. The van der Waals surface area contributed by atoms with E-state index in [0.29, 0.717) is 17.3 Å². The van der Waals surface area contributed by atoms with Crippen LogP contribution in [-0.2, 0) is 27.2 Å². The van der Waals surface area contributed by atoms with Crippen LogP contribution in [0.2, 0.25) is 0 Å². The van der Waals surface area contributed by atoms with E-state index in [1.807, 2.05) is 36.1 Å². The van der Waals surface area contributed by atoms with Gasteiger partial charge >= 0.3 is 0 Å². The quantitative estimate of drug-likeness (QED) is 0.721. The predicted molar refractivity (Wildman–Crippen MR) is 103 cm³/mol. The lowest BCUT2D eigenvalue weighted by Gasteiger charge is -2.17. The maximum Gasteiger partial charge on any atom is 0.258 e. The lowest BCUT2D eigenvalue weighted by atomic mass is 10.1. The van der Waals surface area contributed by atoms with E-state index in [2.05, 4.69) is 39.4 Å². The topological polar surface area (TPSA) is 80.9 Å². The largest absolute Gasteiger partial charge is 0.298 e. The molecule has 0 unspecified atom stereocenters. The van der Waals surface area contributed by atoms with Gasteiger partial charge < -0.3 is 0 Å². The number of nitrogens with zero attached hydrogens (tertiary/aromatic N) is 6. The minimum Gasteiger partial charge on any atom is -0.298 e. The molecule has 1 N–H and O–H groups in total. The summed E-state index contributed by atoms with van der Waals surface area (Å²) in [5.74, 6) is 0.860. The van der Waals surface area contributed by atoms with Crippen LogP contribution in [0.3, 0.4) is 0 Å². The maximum atomic E-state index is 12.5. The zero-order valence-electron chi connectivity index (χ0n) is 16.4. The van der Waals surface area contributed by atoms with Crippen molar-refractivity contribution in [1.82, 2.24) is 29.4 Å². The van der Waals surface area contributed by atoms with Crippen molar-refractivity contribution in [2.75, 3.05) is 12.4 Å². The molecule has 0 radical (unpaired) electrons. The Bertz CT molecular complexity index is 957. The second-order valence-corrected chi connectivity index (χ2v) is 6.81. The molecule has 142 valence electrons. The number of aromatic nitrogens is 5. The fourth-order valence-corrected chi connectivity index (χ4v) is 2.96. The van der Waals surface area contributed by atoms with E-state index in [4.69, 9.17) is 0 Å². The molecule has 27 heavy (non-hydrogen) atoms. The molecule has 8 heteroatoms. The number of rotatable bonds is 6. The molecular weight excluding hydrogens is 342 g/mol. The van der Waals surface area contributed by atoms with Crippen molar-refractivity contribution < 1.29 is 4.79 Å². The third kappa shape index (κ3) is 4.40. The van der Waals surface area contributed by atoms with Gasteiger partial charge in [0.25, 0.3) is 5.91 Å². The van der Waals surface area contributed by atoms with Gasteiger partial charge in [0.1, 0.15) is 5.82 Å². The van der Waals surface area contributed by atoms with Gasteiger partial charge in [-0.15, -0.1) is 0 Å². The van der Waals surface area contributed by atoms with Crippen molar-refractivity contribution in [3.8, 4) is 0 Å². The molecule has 2 aromatic heterocycles. The molecule has 0 saturated heterocycles. The summed E-state index contributed by atoms with van der Waals surface area (Å²) < 4.78 is 3.43. The third-order valence-electron chi connectivity index (χ3n) is 4.51. The van der Waals surface area contributed by atoms with Gasteiger partial charge in [0.15, 0.2) is 0 Å². The Balaban J connectivity index is 1.66. The van der Waals surface area contributed by atoms with Gasteiger partial charge in [-0.1, -0.05) is 12.1 Å². The minimum absolute atomic E-state index is 0.196. The molecule has 2 heterocycles. The summed E-state index contributed by atoms with van der Waals surface area (Å²) in [7, 11) is 5.75. The molecule has 1 aromatic carbocycles. The molecule has 0 spiro atoms. The van der Waals surface area contributed by atoms with Crippen molar-refractivity contribution in [3.05, 3.63) is 58.7 Å². The molecule has 0 aliphatic heterocycles. The third-order valence-corrected chi connectivity index (χ3v) is 4.51. The Hall–Kier alpha value is -3.00. The zero-order chi connectivity index (χ0) is 19.6. The molecule has 3 rings (SSSR count). The van der Waals surface area contributed by atoms with E-state index in [-0.39, 0.29) is 5.91 Å². The average Bonchev–Trinajstić information content (AvgIpc) is 3.10. The van der Waals surface area contributed by atoms with E-state index in [0.717, 1.165) is 24.3 Å². The first kappa shape index (κ1) is 18.8. The fourth-order valence-electron chi connectivity index (χ4n) is 2.96. The van der Waals surface area contributed by atoms with E-state index in [1.54, 1.807) is 24.7 Å². The summed E-state index contributed by atoms with van der Waals surface area (Å²) in [6.45, 7) is 5.39. The molecule has 0 aliphatic carbocycles. The Morgan fingerprint density at radius 2 is 1.96 bits per heavy atom. The number of amides is 1. The molecule has 3 aromatic rings. The first-order valence-electron chi connectivity index (χ1n) is 8.77. The van der Waals surface area contributed by atoms with Crippen LogP contribution in [0.1, 0.15) is 33.0 Å². The molecule has 0 atom stereocenters. The van der Waals surface area contributed by atoms with Crippen molar-refractivity contribution >= 4 is 11.9 Å². The smallest absolute Gasteiger partial charge is 0.258 e. The van der Waals surface area contributed by atoms with Crippen LogP contribution in [0.5, 0.6) is 0 Å². The van der Waals surface area contributed by atoms with Gasteiger partial charge in [-0.25, -0.2) is 4.68 Å². The molecule has 0 saturated carbocycles. The summed E-state index contributed by atoms with van der Waals surface area (Å²) in [6.07, 6.45) is 1.90. The summed E-state index contributed by atoms with van der Waals surface area (Å²) in [5.41, 5.74) is 4.03. The van der Waals surface area contributed by atoms with Crippen molar-refractivity contribution in [3.63, 3.8) is 0 Å². The zero-order valence-corrected chi connectivity index (χ0v) is 16.4. The predicted octanol–water partition coefficient (Wildman–Crippen LogP) is 2.05. The lowest BCUT2D eigenvalue weighted by molar-refractivity contribution is 0.102. The van der Waals surface area contributed by atoms with Crippen LogP contribution < -0.4 is 5.32 Å². The van der Waals surface area contributed by atoms with Crippen molar-refractivity contribution in [2.45, 2.75) is 26.9 Å². The highest BCUT2D eigenvalue weighted by atomic mass is 16.1. The first-order chi connectivity index (χ1) is 12.8. The van der Waals surface area contributed by atoms with E-state index in [9.17, 15) is 4.79 Å². The molecular formula is C19H25N7O. The van der Waals surface area contributed by atoms with Gasteiger partial charge in [0, 0.05) is 44.0 Å². The lowest BCUT2D eigenvalue weighted by Crippen LogP contribution is -2.19. The number of nitrogens with one attached hydrogen (secondary N) is 1. The number of carbonyl (C=O) groups is 1. The standard InChI is InChI=1S/C19H25N7O/c1-13-17(10-20-25(13)4)12-24(3)11-15-7-6-8-16(9-15)18(27)22-19-21-14(2)23-26(19)5/h6-10H,11-12H2,1-5H3,(H,21,22,23,27). The average molecular weight is 367 g/mol. The number of aryl methyl sites for hydroxylation is 3. The molecule has 0 fully saturated rings.